The molecule has 0 heterocycles. The summed E-state index contributed by atoms with van der Waals surface area (Å²) in [7, 11) is 0. The quantitative estimate of drug-likeness (QED) is 0.335. The normalized spacial score (nSPS) is 10.4. The van der Waals surface area contributed by atoms with Crippen molar-refractivity contribution in [2.75, 3.05) is 0 Å². The maximum absolute atomic E-state index is 6.73. The van der Waals surface area contributed by atoms with Crippen LogP contribution >= 0.6 is 0 Å². The van der Waals surface area contributed by atoms with Gasteiger partial charge in [-0.25, -0.2) is 0 Å². The second kappa shape index (κ2) is 5.04. The zero-order valence-electron chi connectivity index (χ0n) is 5.43. The molecule has 0 saturated carbocycles. The van der Waals surface area contributed by atoms with Gasteiger partial charge in [0.15, 0.2) is 0 Å². The van der Waals surface area contributed by atoms with E-state index in [9.17, 15) is 0 Å². The van der Waals surface area contributed by atoms with Gasteiger partial charge in [0.1, 0.15) is 0 Å². The molecule has 0 aliphatic rings. The molecule has 48 valence electrons. The van der Waals surface area contributed by atoms with Crippen LogP contribution < -0.4 is 0 Å². The third-order valence-corrected chi connectivity index (χ3v) is 0.940. The predicted molar refractivity (Wildman–Crippen MR) is 41.9 cm³/mol. The van der Waals surface area contributed by atoms with Crippen LogP contribution in [0.25, 0.3) is 0 Å². The van der Waals surface area contributed by atoms with Crippen LogP contribution in [0.1, 0.15) is 6.42 Å². The van der Waals surface area contributed by atoms with Crippen LogP contribution in [0.5, 0.6) is 0 Å². The first-order valence-corrected chi connectivity index (χ1v) is 2.78. The van der Waals surface area contributed by atoms with E-state index in [1.807, 2.05) is 0 Å². The van der Waals surface area contributed by atoms with Crippen molar-refractivity contribution in [1.82, 2.24) is 0 Å². The van der Waals surface area contributed by atoms with E-state index in [2.05, 4.69) is 13.2 Å². The fourth-order valence-corrected chi connectivity index (χ4v) is 0.493. The van der Waals surface area contributed by atoms with E-state index >= 15 is 0 Å². The molecule has 0 aromatic rings. The average Bonchev–Trinajstić information content (AvgIpc) is 1.88. The van der Waals surface area contributed by atoms with Crippen molar-refractivity contribution in [2.45, 2.75) is 6.42 Å². The lowest BCUT2D eigenvalue weighted by Crippen LogP contribution is -1.73. The van der Waals surface area contributed by atoms with Gasteiger partial charge in [0.25, 0.3) is 0 Å². The van der Waals surface area contributed by atoms with Crippen molar-refractivity contribution in [1.29, 1.82) is 5.41 Å². The molecule has 0 saturated heterocycles. The number of nitrogens with one attached hydrogen (secondary N) is 1. The highest BCUT2D eigenvalue weighted by atomic mass is 14.3. The summed E-state index contributed by atoms with van der Waals surface area (Å²) in [5.41, 5.74) is 1.03. The molecule has 1 N–H and O–H groups in total. The lowest BCUT2D eigenvalue weighted by atomic mass is 10.2. The van der Waals surface area contributed by atoms with Gasteiger partial charge >= 0.3 is 0 Å². The van der Waals surface area contributed by atoms with Crippen molar-refractivity contribution in [3.05, 3.63) is 37.0 Å². The van der Waals surface area contributed by atoms with Gasteiger partial charge in [0.2, 0.25) is 0 Å². The first-order valence-electron chi connectivity index (χ1n) is 2.78. The summed E-state index contributed by atoms with van der Waals surface area (Å²) in [5, 5.41) is 6.73. The van der Waals surface area contributed by atoms with E-state index < -0.39 is 0 Å². The number of hydrogen-bond acceptors (Lipinski definition) is 1. The van der Waals surface area contributed by atoms with Crippen LogP contribution in [-0.2, 0) is 0 Å². The van der Waals surface area contributed by atoms with Crippen molar-refractivity contribution in [3.63, 3.8) is 0 Å². The van der Waals surface area contributed by atoms with Crippen molar-refractivity contribution >= 4 is 6.21 Å². The van der Waals surface area contributed by atoms with Crippen LogP contribution in [-0.4, -0.2) is 6.21 Å². The molecule has 0 aliphatic carbocycles. The zero-order chi connectivity index (χ0) is 7.11. The molecule has 0 amide bonds. The molecular formula is C8H11N. The summed E-state index contributed by atoms with van der Waals surface area (Å²) in [6, 6.07) is 0. The summed E-state index contributed by atoms with van der Waals surface area (Å²) in [6.45, 7) is 7.15. The predicted octanol–water partition coefficient (Wildman–Crippen LogP) is 2.32. The Bertz CT molecular complexity index is 143. The van der Waals surface area contributed by atoms with Crippen molar-refractivity contribution in [2.24, 2.45) is 0 Å². The van der Waals surface area contributed by atoms with Crippen LogP contribution in [0, 0.1) is 5.41 Å². The maximum Gasteiger partial charge on any atom is 0.0180 e. The molecule has 1 heteroatoms. The molecule has 9 heavy (non-hydrogen) atoms. The molecule has 0 unspecified atom stereocenters. The van der Waals surface area contributed by atoms with Gasteiger partial charge < -0.3 is 5.41 Å². The first kappa shape index (κ1) is 7.89. The minimum Gasteiger partial charge on any atom is -0.309 e. The van der Waals surface area contributed by atoms with Crippen LogP contribution in [0.3, 0.4) is 0 Å². The molecule has 0 rings (SSSR count). The topological polar surface area (TPSA) is 23.9 Å². The smallest absolute Gasteiger partial charge is 0.0180 e. The summed E-state index contributed by atoms with van der Waals surface area (Å²) in [6.07, 6.45) is 7.26. The van der Waals surface area contributed by atoms with Crippen LogP contribution in [0.4, 0.5) is 0 Å². The fourth-order valence-electron chi connectivity index (χ4n) is 0.493. The number of hydrogen-bond donors (Lipinski definition) is 1. The Labute approximate surface area is 55.9 Å². The fraction of sp³-hybridized carbons (Fsp3) is 0.125. The van der Waals surface area contributed by atoms with Gasteiger partial charge in [-0.15, -0.1) is 6.58 Å². The minimum absolute atomic E-state index is 0.791. The van der Waals surface area contributed by atoms with E-state index in [0.29, 0.717) is 0 Å². The zero-order valence-corrected chi connectivity index (χ0v) is 5.43. The largest absolute Gasteiger partial charge is 0.309 e. The maximum atomic E-state index is 6.73. The van der Waals surface area contributed by atoms with Crippen LogP contribution in [0.2, 0.25) is 0 Å². The Hall–Kier alpha value is -1.11. The Kier molecular flexibility index (Phi) is 4.41. The highest BCUT2D eigenvalue weighted by Crippen LogP contribution is 2.00. The molecule has 0 fully saturated rings. The standard InChI is InChI=1S/C8H11N/c1-3-5-8(4-2)6-7-9/h3-4,6-7,9H,1-2,5H2/b8-6+,9-7?. The number of rotatable bonds is 4. The third kappa shape index (κ3) is 3.47. The summed E-state index contributed by atoms with van der Waals surface area (Å²) < 4.78 is 0. The Balaban J connectivity index is 3.95. The van der Waals surface area contributed by atoms with Gasteiger partial charge in [-0.2, -0.15) is 0 Å². The Morgan fingerprint density at radius 2 is 2.11 bits per heavy atom. The lowest BCUT2D eigenvalue weighted by Gasteiger charge is -1.90. The summed E-state index contributed by atoms with van der Waals surface area (Å²) >= 11 is 0. The van der Waals surface area contributed by atoms with Gasteiger partial charge in [-0.1, -0.05) is 18.7 Å². The highest BCUT2D eigenvalue weighted by molar-refractivity contribution is 5.69. The highest BCUT2D eigenvalue weighted by Gasteiger charge is 1.82. The molecule has 0 bridgehead atoms. The van der Waals surface area contributed by atoms with E-state index in [-0.39, 0.29) is 0 Å². The van der Waals surface area contributed by atoms with Gasteiger partial charge in [0.05, 0.1) is 0 Å². The summed E-state index contributed by atoms with van der Waals surface area (Å²) in [4.78, 5) is 0. The van der Waals surface area contributed by atoms with Crippen molar-refractivity contribution in [3.8, 4) is 0 Å². The minimum atomic E-state index is 0.791. The first-order chi connectivity index (χ1) is 4.35. The van der Waals surface area contributed by atoms with Crippen LogP contribution in [0.15, 0.2) is 37.0 Å². The molecule has 0 aliphatic heterocycles. The average molecular weight is 121 g/mol. The lowest BCUT2D eigenvalue weighted by molar-refractivity contribution is 1.30. The van der Waals surface area contributed by atoms with E-state index in [1.54, 1.807) is 18.2 Å². The second-order valence-electron chi connectivity index (χ2n) is 1.61. The molecule has 0 aromatic carbocycles. The monoisotopic (exact) mass is 121 g/mol. The Morgan fingerprint density at radius 3 is 2.44 bits per heavy atom. The molecule has 0 atom stereocenters. The van der Waals surface area contributed by atoms with E-state index in [0.717, 1.165) is 12.0 Å². The van der Waals surface area contributed by atoms with Gasteiger partial charge in [-0.05, 0) is 18.1 Å². The molecule has 0 radical (unpaired) electrons. The number of allylic oxidation sites excluding steroid dienone is 4. The third-order valence-electron chi connectivity index (χ3n) is 0.940. The SMILES string of the molecule is C=CC/C(C=C)=C/C=N. The molecule has 1 nitrogen and oxygen atoms in total. The molecule has 0 spiro atoms. The van der Waals surface area contributed by atoms with E-state index in [4.69, 9.17) is 5.41 Å². The summed E-state index contributed by atoms with van der Waals surface area (Å²) in [5.74, 6) is 0. The van der Waals surface area contributed by atoms with Gasteiger partial charge in [-0.3, -0.25) is 0 Å². The van der Waals surface area contributed by atoms with Crippen molar-refractivity contribution < 1.29 is 0 Å². The molecular weight excluding hydrogens is 110 g/mol. The molecule has 0 aromatic heterocycles. The van der Waals surface area contributed by atoms with Gasteiger partial charge in [0, 0.05) is 6.21 Å². The van der Waals surface area contributed by atoms with E-state index in [1.165, 1.54) is 6.21 Å². The Morgan fingerprint density at radius 1 is 1.44 bits per heavy atom. The second-order valence-corrected chi connectivity index (χ2v) is 1.61.